The van der Waals surface area contributed by atoms with Crippen LogP contribution in [0.1, 0.15) is 28.6 Å². The first-order valence-electron chi connectivity index (χ1n) is 9.59. The highest BCUT2D eigenvalue weighted by molar-refractivity contribution is 6.30. The van der Waals surface area contributed by atoms with Crippen molar-refractivity contribution in [2.45, 2.75) is 19.8 Å². The molecule has 0 unspecified atom stereocenters. The van der Waals surface area contributed by atoms with Crippen LogP contribution in [-0.4, -0.2) is 32.4 Å². The monoisotopic (exact) mass is 421 g/mol. The summed E-state index contributed by atoms with van der Waals surface area (Å²) in [5, 5.41) is 12.0. The molecule has 4 aromatic rings. The van der Waals surface area contributed by atoms with Crippen LogP contribution in [0, 0.1) is 6.92 Å². The molecule has 1 N–H and O–H groups in total. The fourth-order valence-corrected chi connectivity index (χ4v) is 3.17. The molecule has 2 heterocycles. The van der Waals surface area contributed by atoms with Crippen LogP contribution in [0.15, 0.2) is 65.2 Å². The van der Waals surface area contributed by atoms with Crippen LogP contribution in [0.4, 0.5) is 0 Å². The van der Waals surface area contributed by atoms with Gasteiger partial charge in [-0.3, -0.25) is 4.79 Å². The number of hydrogen-bond donors (Lipinski definition) is 1. The van der Waals surface area contributed by atoms with Crippen LogP contribution in [0.5, 0.6) is 0 Å². The second-order valence-electron chi connectivity index (χ2n) is 6.76. The quantitative estimate of drug-likeness (QED) is 0.451. The van der Waals surface area contributed by atoms with Gasteiger partial charge in [0, 0.05) is 23.6 Å². The average Bonchev–Trinajstić information content (AvgIpc) is 3.39. The van der Waals surface area contributed by atoms with E-state index in [0.717, 1.165) is 11.3 Å². The third-order valence-electron chi connectivity index (χ3n) is 4.51. The molecule has 2 aromatic carbocycles. The summed E-state index contributed by atoms with van der Waals surface area (Å²) in [6, 6.07) is 18.7. The van der Waals surface area contributed by atoms with E-state index in [2.05, 4.69) is 20.6 Å². The second-order valence-corrected chi connectivity index (χ2v) is 7.20. The predicted octanol–water partition coefficient (Wildman–Crippen LogP) is 4.25. The number of hydrogen-bond acceptors (Lipinski definition) is 5. The van der Waals surface area contributed by atoms with E-state index in [9.17, 15) is 4.79 Å². The maximum Gasteiger partial charge on any atom is 0.270 e. The van der Waals surface area contributed by atoms with E-state index < -0.39 is 0 Å². The van der Waals surface area contributed by atoms with Crippen molar-refractivity contribution in [1.29, 1.82) is 0 Å². The number of nitrogens with one attached hydrogen (secondary N) is 1. The van der Waals surface area contributed by atoms with Gasteiger partial charge in [0.15, 0.2) is 5.82 Å². The number of aromatic nitrogens is 4. The van der Waals surface area contributed by atoms with Gasteiger partial charge in [-0.25, -0.2) is 4.68 Å². The summed E-state index contributed by atoms with van der Waals surface area (Å²) >= 11 is 5.99. The number of amides is 1. The Bertz CT molecular complexity index is 1140. The van der Waals surface area contributed by atoms with Crippen molar-refractivity contribution in [2.24, 2.45) is 0 Å². The molecule has 152 valence electrons. The molecule has 0 bridgehead atoms. The van der Waals surface area contributed by atoms with Gasteiger partial charge in [-0.1, -0.05) is 47.1 Å². The van der Waals surface area contributed by atoms with Crippen molar-refractivity contribution >= 4 is 17.5 Å². The molecule has 0 aliphatic heterocycles. The molecule has 2 aromatic heterocycles. The Morgan fingerprint density at radius 1 is 1.13 bits per heavy atom. The zero-order valence-electron chi connectivity index (χ0n) is 16.4. The SMILES string of the molecule is Cc1noc(CCCNC(=O)c2cc(-c3ccc(Cl)cc3)nn2-c2ccccc2)n1. The Kier molecular flexibility index (Phi) is 5.90. The van der Waals surface area contributed by atoms with Crippen LogP contribution >= 0.6 is 11.6 Å². The Morgan fingerprint density at radius 2 is 1.90 bits per heavy atom. The van der Waals surface area contributed by atoms with Crippen LogP contribution in [0.2, 0.25) is 5.02 Å². The molecule has 4 rings (SSSR count). The summed E-state index contributed by atoms with van der Waals surface area (Å²) in [7, 11) is 0. The standard InChI is InChI=1S/C22H20ClN5O2/c1-15-25-21(30-27-15)8-5-13-24-22(29)20-14-19(16-9-11-17(23)12-10-16)26-28(20)18-6-3-2-4-7-18/h2-4,6-7,9-12,14H,5,8,13H2,1H3,(H,24,29). The average molecular weight is 422 g/mol. The lowest BCUT2D eigenvalue weighted by Crippen LogP contribution is -2.27. The van der Waals surface area contributed by atoms with E-state index in [1.807, 2.05) is 42.5 Å². The zero-order valence-corrected chi connectivity index (χ0v) is 17.1. The molecule has 0 aliphatic rings. The third kappa shape index (κ3) is 4.58. The molecule has 1 amide bonds. The predicted molar refractivity (Wildman–Crippen MR) is 114 cm³/mol. The summed E-state index contributed by atoms with van der Waals surface area (Å²) in [5.74, 6) is 0.977. The fourth-order valence-electron chi connectivity index (χ4n) is 3.04. The van der Waals surface area contributed by atoms with E-state index in [1.165, 1.54) is 0 Å². The highest BCUT2D eigenvalue weighted by atomic mass is 35.5. The van der Waals surface area contributed by atoms with E-state index in [-0.39, 0.29) is 5.91 Å². The first-order valence-corrected chi connectivity index (χ1v) is 9.97. The van der Waals surface area contributed by atoms with Crippen molar-refractivity contribution in [3.63, 3.8) is 0 Å². The lowest BCUT2D eigenvalue weighted by atomic mass is 10.1. The summed E-state index contributed by atoms with van der Waals surface area (Å²) < 4.78 is 6.75. The summed E-state index contributed by atoms with van der Waals surface area (Å²) in [4.78, 5) is 17.1. The molecular formula is C22H20ClN5O2. The first-order chi connectivity index (χ1) is 14.6. The molecule has 0 spiro atoms. The van der Waals surface area contributed by atoms with Gasteiger partial charge in [-0.15, -0.1) is 0 Å². The Morgan fingerprint density at radius 3 is 2.60 bits per heavy atom. The van der Waals surface area contributed by atoms with Crippen molar-refractivity contribution in [3.8, 4) is 16.9 Å². The Labute approximate surface area is 178 Å². The summed E-state index contributed by atoms with van der Waals surface area (Å²) in [5.41, 5.74) is 2.85. The maximum atomic E-state index is 12.9. The zero-order chi connectivity index (χ0) is 20.9. The summed E-state index contributed by atoms with van der Waals surface area (Å²) in [6.07, 6.45) is 1.30. The van der Waals surface area contributed by atoms with E-state index in [1.54, 1.807) is 29.8 Å². The molecule has 0 fully saturated rings. The van der Waals surface area contributed by atoms with Crippen LogP contribution < -0.4 is 5.32 Å². The highest BCUT2D eigenvalue weighted by Crippen LogP contribution is 2.23. The number of carbonyl (C=O) groups is 1. The molecular weight excluding hydrogens is 402 g/mol. The lowest BCUT2D eigenvalue weighted by molar-refractivity contribution is 0.0945. The van der Waals surface area contributed by atoms with Gasteiger partial charge in [0.2, 0.25) is 5.89 Å². The van der Waals surface area contributed by atoms with Crippen molar-refractivity contribution in [3.05, 3.63) is 83.1 Å². The Balaban J connectivity index is 1.52. The number of benzene rings is 2. The van der Waals surface area contributed by atoms with Crippen molar-refractivity contribution < 1.29 is 9.32 Å². The van der Waals surface area contributed by atoms with Crippen LogP contribution in [0.25, 0.3) is 16.9 Å². The lowest BCUT2D eigenvalue weighted by Gasteiger charge is -2.08. The minimum atomic E-state index is -0.201. The molecule has 0 radical (unpaired) electrons. The number of halogens is 1. The number of aryl methyl sites for hydroxylation is 2. The minimum Gasteiger partial charge on any atom is -0.351 e. The smallest absolute Gasteiger partial charge is 0.270 e. The molecule has 0 atom stereocenters. The maximum absolute atomic E-state index is 12.9. The largest absolute Gasteiger partial charge is 0.351 e. The van der Waals surface area contributed by atoms with E-state index in [4.69, 9.17) is 16.1 Å². The van der Waals surface area contributed by atoms with E-state index >= 15 is 0 Å². The highest BCUT2D eigenvalue weighted by Gasteiger charge is 2.17. The molecule has 8 heteroatoms. The number of para-hydroxylation sites is 1. The van der Waals surface area contributed by atoms with Gasteiger partial charge in [0.05, 0.1) is 11.4 Å². The van der Waals surface area contributed by atoms with Gasteiger partial charge < -0.3 is 9.84 Å². The van der Waals surface area contributed by atoms with Gasteiger partial charge >= 0.3 is 0 Å². The topological polar surface area (TPSA) is 85.8 Å². The normalized spacial score (nSPS) is 10.9. The van der Waals surface area contributed by atoms with Gasteiger partial charge in [0.25, 0.3) is 5.91 Å². The number of nitrogens with zero attached hydrogens (tertiary/aromatic N) is 4. The van der Waals surface area contributed by atoms with Gasteiger partial charge in [-0.05, 0) is 43.7 Å². The molecule has 30 heavy (non-hydrogen) atoms. The fraction of sp³-hybridized carbons (Fsp3) is 0.182. The van der Waals surface area contributed by atoms with Gasteiger partial charge in [0.1, 0.15) is 5.69 Å². The molecule has 0 aliphatic carbocycles. The molecule has 7 nitrogen and oxygen atoms in total. The third-order valence-corrected chi connectivity index (χ3v) is 4.76. The molecule has 0 saturated heterocycles. The number of rotatable bonds is 7. The van der Waals surface area contributed by atoms with Crippen LogP contribution in [-0.2, 0) is 6.42 Å². The first kappa shape index (κ1) is 19.8. The number of carbonyl (C=O) groups excluding carboxylic acids is 1. The van der Waals surface area contributed by atoms with Crippen molar-refractivity contribution in [2.75, 3.05) is 6.54 Å². The summed E-state index contributed by atoms with van der Waals surface area (Å²) in [6.45, 7) is 2.26. The Hall–Kier alpha value is -3.45. The van der Waals surface area contributed by atoms with E-state index in [0.29, 0.717) is 47.5 Å². The van der Waals surface area contributed by atoms with Crippen LogP contribution in [0.3, 0.4) is 0 Å². The second kappa shape index (κ2) is 8.92. The van der Waals surface area contributed by atoms with Gasteiger partial charge in [-0.2, -0.15) is 10.1 Å². The molecule has 0 saturated carbocycles. The minimum absolute atomic E-state index is 0.201. The van der Waals surface area contributed by atoms with Crippen molar-refractivity contribution in [1.82, 2.24) is 25.2 Å².